The van der Waals surface area contributed by atoms with Gasteiger partial charge in [-0.15, -0.1) is 0 Å². The lowest BCUT2D eigenvalue weighted by Gasteiger charge is -2.13. The minimum atomic E-state index is -4.36. The fraction of sp³-hybridized carbons (Fsp3) is 1.00. The van der Waals surface area contributed by atoms with Gasteiger partial charge in [-0.3, -0.25) is 4.52 Å². The molecule has 0 aromatic heterocycles. The Morgan fingerprint density at radius 2 is 1.80 bits per heavy atom. The second-order valence-corrected chi connectivity index (χ2v) is 9.22. The van der Waals surface area contributed by atoms with Gasteiger partial charge in [-0.25, -0.2) is 4.57 Å². The van der Waals surface area contributed by atoms with Crippen molar-refractivity contribution in [3.8, 4) is 0 Å². The highest BCUT2D eigenvalue weighted by Crippen LogP contribution is 2.35. The lowest BCUT2D eigenvalue weighted by Crippen LogP contribution is -2.24. The summed E-state index contributed by atoms with van der Waals surface area (Å²) < 4.78 is 19.5. The second-order valence-electron chi connectivity index (χ2n) is 3.85. The fourth-order valence-electron chi connectivity index (χ4n) is 0.924. The summed E-state index contributed by atoms with van der Waals surface area (Å²) in [6.45, 7) is 4.21. The van der Waals surface area contributed by atoms with E-state index in [1.165, 1.54) is 0 Å². The van der Waals surface area contributed by atoms with Crippen LogP contribution < -0.4 is 0 Å². The molecule has 0 aromatic rings. The molecule has 0 atom stereocenters. The molecule has 0 bridgehead atoms. The van der Waals surface area contributed by atoms with E-state index in [1.807, 2.05) is 13.1 Å². The summed E-state index contributed by atoms with van der Waals surface area (Å²) in [5.74, 6) is 0. The lowest BCUT2D eigenvalue weighted by molar-refractivity contribution is 0.0856. The largest absolute Gasteiger partial charge is 0.469 e. The van der Waals surface area contributed by atoms with Gasteiger partial charge in [0.25, 0.3) is 0 Å². The van der Waals surface area contributed by atoms with Crippen molar-refractivity contribution in [1.82, 2.24) is 0 Å². The molecule has 92 valence electrons. The Hall–Kier alpha value is 0.247. The monoisotopic (exact) mass is 258 g/mol. The predicted molar refractivity (Wildman–Crippen MR) is 57.9 cm³/mol. The molecule has 0 heterocycles. The van der Waals surface area contributed by atoms with E-state index in [2.05, 4.69) is 4.52 Å². The maximum absolute atomic E-state index is 10.2. The third kappa shape index (κ3) is 14.2. The number of hydrogen-bond donors (Lipinski definition) is 3. The Labute approximate surface area is 90.6 Å². The van der Waals surface area contributed by atoms with E-state index in [1.54, 1.807) is 0 Å². The van der Waals surface area contributed by atoms with Gasteiger partial charge in [0, 0.05) is 6.61 Å². The molecule has 15 heavy (non-hydrogen) atoms. The van der Waals surface area contributed by atoms with Gasteiger partial charge in [0.2, 0.25) is 0 Å². The minimum absolute atomic E-state index is 0.121. The van der Waals surface area contributed by atoms with Crippen molar-refractivity contribution in [2.75, 3.05) is 19.8 Å². The Kier molecular flexibility index (Phi) is 6.86. The van der Waals surface area contributed by atoms with Gasteiger partial charge in [-0.1, -0.05) is 0 Å². The van der Waals surface area contributed by atoms with Crippen LogP contribution in [0.4, 0.5) is 0 Å². The number of ether oxygens (including phenoxy) is 1. The van der Waals surface area contributed by atoms with Crippen molar-refractivity contribution in [3.05, 3.63) is 0 Å². The molecular weight excluding hydrogens is 239 g/mol. The first-order valence-corrected chi connectivity index (χ1v) is 9.39. The summed E-state index contributed by atoms with van der Waals surface area (Å²) in [4.78, 5) is 26.1. The van der Waals surface area contributed by atoms with Crippen LogP contribution in [-0.4, -0.2) is 42.7 Å². The third-order valence-electron chi connectivity index (χ3n) is 1.56. The predicted octanol–water partition coefficient (Wildman–Crippen LogP) is 0.700. The zero-order valence-corrected chi connectivity index (χ0v) is 10.9. The molecule has 0 fully saturated rings. The van der Waals surface area contributed by atoms with Crippen LogP contribution >= 0.6 is 7.82 Å². The number of rotatable bonds is 8. The summed E-state index contributed by atoms with van der Waals surface area (Å²) in [7, 11) is -6.35. The summed E-state index contributed by atoms with van der Waals surface area (Å²) in [5, 5.41) is 0. The maximum atomic E-state index is 10.2. The molecule has 0 aromatic carbocycles. The van der Waals surface area contributed by atoms with Crippen LogP contribution in [-0.2, 0) is 13.8 Å². The SMILES string of the molecule is C[Si](C)(O)CCCOCCOP(=O)(O)O. The van der Waals surface area contributed by atoms with Crippen molar-refractivity contribution >= 4 is 16.1 Å². The van der Waals surface area contributed by atoms with Crippen molar-refractivity contribution in [2.45, 2.75) is 25.6 Å². The summed E-state index contributed by atoms with van der Waals surface area (Å²) in [6, 6.07) is 0.756. The first-order valence-electron chi connectivity index (χ1n) is 4.71. The first-order chi connectivity index (χ1) is 6.71. The molecule has 6 nitrogen and oxygen atoms in total. The molecular formula is C7H19O6PSi. The van der Waals surface area contributed by atoms with E-state index >= 15 is 0 Å². The topological polar surface area (TPSA) is 96.2 Å². The highest BCUT2D eigenvalue weighted by molar-refractivity contribution is 7.46. The number of phosphoric ester groups is 1. The molecule has 0 aliphatic carbocycles. The van der Waals surface area contributed by atoms with Crippen molar-refractivity contribution < 1.29 is 28.4 Å². The normalized spacial score (nSPS) is 13.1. The molecule has 0 saturated carbocycles. The molecule has 0 aliphatic rings. The Morgan fingerprint density at radius 3 is 2.27 bits per heavy atom. The van der Waals surface area contributed by atoms with Gasteiger partial charge in [-0.05, 0) is 25.6 Å². The van der Waals surface area contributed by atoms with Gasteiger partial charge in [-0.2, -0.15) is 0 Å². The van der Waals surface area contributed by atoms with Gasteiger partial charge in [0.05, 0.1) is 13.2 Å². The van der Waals surface area contributed by atoms with Crippen LogP contribution in [0.25, 0.3) is 0 Å². The number of hydrogen-bond acceptors (Lipinski definition) is 4. The van der Waals surface area contributed by atoms with Crippen LogP contribution in [0.15, 0.2) is 0 Å². The van der Waals surface area contributed by atoms with Crippen molar-refractivity contribution in [3.63, 3.8) is 0 Å². The highest BCUT2D eigenvalue weighted by Gasteiger charge is 2.15. The van der Waals surface area contributed by atoms with Gasteiger partial charge in [0.15, 0.2) is 8.32 Å². The van der Waals surface area contributed by atoms with Crippen LogP contribution in [0.3, 0.4) is 0 Å². The van der Waals surface area contributed by atoms with Crippen LogP contribution in [0, 0.1) is 0 Å². The zero-order chi connectivity index (χ0) is 11.9. The quantitative estimate of drug-likeness (QED) is 0.337. The summed E-state index contributed by atoms with van der Waals surface area (Å²) in [5.41, 5.74) is 0. The summed E-state index contributed by atoms with van der Waals surface area (Å²) >= 11 is 0. The minimum Gasteiger partial charge on any atom is -0.432 e. The lowest BCUT2D eigenvalue weighted by atomic mass is 10.5. The molecule has 3 N–H and O–H groups in total. The molecule has 0 rings (SSSR count). The standard InChI is InChI=1S/C7H19O6PSi/c1-15(2,11)7-3-4-12-5-6-13-14(8,9)10/h11H,3-7H2,1-2H3,(H2,8,9,10). The van der Waals surface area contributed by atoms with E-state index in [4.69, 9.17) is 14.5 Å². The van der Waals surface area contributed by atoms with E-state index in [0.717, 1.165) is 12.5 Å². The maximum Gasteiger partial charge on any atom is 0.469 e. The van der Waals surface area contributed by atoms with Gasteiger partial charge < -0.3 is 19.3 Å². The summed E-state index contributed by atoms with van der Waals surface area (Å²) in [6.07, 6.45) is 0.756. The van der Waals surface area contributed by atoms with Gasteiger partial charge >= 0.3 is 7.82 Å². The molecule has 0 aliphatic heterocycles. The van der Waals surface area contributed by atoms with E-state index < -0.39 is 16.1 Å². The molecule has 0 unspecified atom stereocenters. The van der Waals surface area contributed by atoms with Gasteiger partial charge in [0.1, 0.15) is 0 Å². The highest BCUT2D eigenvalue weighted by atomic mass is 31.2. The molecule has 0 radical (unpaired) electrons. The Morgan fingerprint density at radius 1 is 1.20 bits per heavy atom. The van der Waals surface area contributed by atoms with Crippen LogP contribution in [0.5, 0.6) is 0 Å². The fourth-order valence-corrected chi connectivity index (χ4v) is 2.25. The Bertz CT molecular complexity index is 210. The van der Waals surface area contributed by atoms with E-state index in [-0.39, 0.29) is 13.2 Å². The van der Waals surface area contributed by atoms with Crippen LogP contribution in [0.1, 0.15) is 6.42 Å². The molecule has 0 saturated heterocycles. The third-order valence-corrected chi connectivity index (χ3v) is 3.66. The number of phosphoric acid groups is 1. The molecule has 0 spiro atoms. The van der Waals surface area contributed by atoms with Crippen molar-refractivity contribution in [1.29, 1.82) is 0 Å². The molecule has 8 heteroatoms. The van der Waals surface area contributed by atoms with E-state index in [0.29, 0.717) is 6.61 Å². The first kappa shape index (κ1) is 15.2. The van der Waals surface area contributed by atoms with E-state index in [9.17, 15) is 9.36 Å². The second kappa shape index (κ2) is 6.75. The average molecular weight is 258 g/mol. The van der Waals surface area contributed by atoms with Crippen LogP contribution in [0.2, 0.25) is 19.1 Å². The smallest absolute Gasteiger partial charge is 0.432 e. The zero-order valence-electron chi connectivity index (χ0n) is 9.05. The molecule has 0 amide bonds. The average Bonchev–Trinajstić information content (AvgIpc) is 1.98. The Balaban J connectivity index is 3.23. The van der Waals surface area contributed by atoms with Crippen molar-refractivity contribution in [2.24, 2.45) is 0 Å².